The third-order valence-corrected chi connectivity index (χ3v) is 7.31. The van der Waals surface area contributed by atoms with Crippen LogP contribution in [0.2, 0.25) is 0 Å². The van der Waals surface area contributed by atoms with Gasteiger partial charge in [0, 0.05) is 27.2 Å². The lowest BCUT2D eigenvalue weighted by molar-refractivity contribution is -0.140. The van der Waals surface area contributed by atoms with Crippen LogP contribution in [0.15, 0.2) is 54.6 Å². The van der Waals surface area contributed by atoms with E-state index in [1.165, 1.54) is 19.0 Å². The summed E-state index contributed by atoms with van der Waals surface area (Å²) in [7, 11) is 0.409. The molecular weight excluding hydrogens is 468 g/mol. The van der Waals surface area contributed by atoms with Crippen molar-refractivity contribution in [3.8, 4) is 5.75 Å². The number of anilines is 1. The molecule has 0 fully saturated rings. The van der Waals surface area contributed by atoms with E-state index in [2.05, 4.69) is 5.32 Å². The Kier molecular flexibility index (Phi) is 10.5. The highest BCUT2D eigenvalue weighted by Crippen LogP contribution is 2.22. The first-order valence-corrected chi connectivity index (χ1v) is 13.0. The van der Waals surface area contributed by atoms with Crippen molar-refractivity contribution < 1.29 is 22.7 Å². The molecule has 35 heavy (non-hydrogen) atoms. The summed E-state index contributed by atoms with van der Waals surface area (Å²) in [5.41, 5.74) is 1.13. The van der Waals surface area contributed by atoms with Crippen molar-refractivity contribution in [2.75, 3.05) is 38.6 Å². The maximum absolute atomic E-state index is 13.7. The minimum Gasteiger partial charge on any atom is -0.497 e. The van der Waals surface area contributed by atoms with Gasteiger partial charge in [0.25, 0.3) is 0 Å². The lowest BCUT2D eigenvalue weighted by Gasteiger charge is -2.34. The van der Waals surface area contributed by atoms with Gasteiger partial charge in [0.15, 0.2) is 0 Å². The van der Waals surface area contributed by atoms with Crippen molar-refractivity contribution >= 4 is 27.7 Å². The summed E-state index contributed by atoms with van der Waals surface area (Å²) in [6.07, 6.45) is 1.13. The number of nitrogens with zero attached hydrogens (tertiary/aromatic N) is 3. The van der Waals surface area contributed by atoms with Crippen LogP contribution in [0.3, 0.4) is 0 Å². The fourth-order valence-electron chi connectivity index (χ4n) is 3.56. The molecule has 0 aliphatic heterocycles. The van der Waals surface area contributed by atoms with Gasteiger partial charge in [-0.1, -0.05) is 44.2 Å². The molecule has 2 amide bonds. The fourth-order valence-corrected chi connectivity index (χ4v) is 4.62. The number of carbonyl (C=O) groups is 2. The summed E-state index contributed by atoms with van der Waals surface area (Å²) in [4.78, 5) is 28.2. The number of benzene rings is 2. The Balaban J connectivity index is 2.47. The number of carbonyl (C=O) groups excluding carboxylic acids is 2. The fraction of sp³-hybridized carbons (Fsp3) is 0.440. The second kappa shape index (κ2) is 13.1. The molecule has 0 aromatic heterocycles. The summed E-state index contributed by atoms with van der Waals surface area (Å²) in [6, 6.07) is 14.9. The Morgan fingerprint density at radius 3 is 2.29 bits per heavy atom. The average molecular weight is 505 g/mol. The smallest absolute Gasteiger partial charge is 0.304 e. The third kappa shape index (κ3) is 7.43. The second-order valence-electron chi connectivity index (χ2n) is 8.22. The van der Waals surface area contributed by atoms with Crippen LogP contribution >= 0.6 is 0 Å². The first-order valence-electron chi connectivity index (χ1n) is 11.6. The molecule has 0 saturated heterocycles. The van der Waals surface area contributed by atoms with Gasteiger partial charge in [0.2, 0.25) is 11.8 Å². The highest BCUT2D eigenvalue weighted by atomic mass is 32.2. The van der Waals surface area contributed by atoms with E-state index in [-0.39, 0.29) is 12.5 Å². The van der Waals surface area contributed by atoms with E-state index in [9.17, 15) is 18.0 Å². The third-order valence-electron chi connectivity index (χ3n) is 5.49. The normalized spacial score (nSPS) is 12.2. The number of ether oxygens (including phenoxy) is 1. The van der Waals surface area contributed by atoms with Gasteiger partial charge in [0.05, 0.1) is 12.8 Å². The van der Waals surface area contributed by atoms with E-state index >= 15 is 0 Å². The number of methoxy groups -OCH3 is 1. The monoisotopic (exact) mass is 504 g/mol. The van der Waals surface area contributed by atoms with E-state index in [4.69, 9.17) is 4.74 Å². The van der Waals surface area contributed by atoms with Crippen LogP contribution in [0, 0.1) is 0 Å². The summed E-state index contributed by atoms with van der Waals surface area (Å²) in [5, 5.41) is 2.86. The van der Waals surface area contributed by atoms with Crippen LogP contribution in [0.1, 0.15) is 32.3 Å². The molecule has 2 aromatic rings. The molecule has 0 bridgehead atoms. The van der Waals surface area contributed by atoms with Crippen LogP contribution in [0.4, 0.5) is 5.69 Å². The Morgan fingerprint density at radius 2 is 1.71 bits per heavy atom. The summed E-state index contributed by atoms with van der Waals surface area (Å²) in [6.45, 7) is 3.93. The van der Waals surface area contributed by atoms with Crippen LogP contribution in [-0.4, -0.2) is 69.8 Å². The standard InChI is InChI=1S/C25H36N4O5S/c1-6-16-26-25(31)23(7-2)28(18-20-12-11-15-22(17-20)34-5)24(30)19-29(35(32,33)27(3)4)21-13-9-8-10-14-21/h8-15,17,23H,6-7,16,18-19H2,1-5H3,(H,26,31). The topological polar surface area (TPSA) is 99.3 Å². The highest BCUT2D eigenvalue weighted by molar-refractivity contribution is 7.90. The number of nitrogens with one attached hydrogen (secondary N) is 1. The molecule has 1 N–H and O–H groups in total. The van der Waals surface area contributed by atoms with Crippen molar-refractivity contribution in [1.82, 2.24) is 14.5 Å². The van der Waals surface area contributed by atoms with Gasteiger partial charge in [-0.25, -0.2) is 4.31 Å². The Labute approximate surface area is 208 Å². The quantitative estimate of drug-likeness (QED) is 0.452. The molecule has 1 atom stereocenters. The van der Waals surface area contributed by atoms with Crippen LogP contribution in [-0.2, 0) is 26.3 Å². The minimum atomic E-state index is -3.97. The number of rotatable bonds is 13. The minimum absolute atomic E-state index is 0.124. The van der Waals surface area contributed by atoms with Crippen molar-refractivity contribution in [3.63, 3.8) is 0 Å². The molecule has 0 aliphatic carbocycles. The second-order valence-corrected chi connectivity index (χ2v) is 10.3. The number of para-hydroxylation sites is 1. The molecule has 0 radical (unpaired) electrons. The van der Waals surface area contributed by atoms with Gasteiger partial charge in [-0.3, -0.25) is 9.59 Å². The first-order chi connectivity index (χ1) is 16.6. The van der Waals surface area contributed by atoms with Crippen molar-refractivity contribution in [3.05, 3.63) is 60.2 Å². The first kappa shape index (κ1) is 28.1. The Morgan fingerprint density at radius 1 is 1.03 bits per heavy atom. The molecular formula is C25H36N4O5S. The molecule has 1 unspecified atom stereocenters. The van der Waals surface area contributed by atoms with E-state index in [1.54, 1.807) is 49.6 Å². The zero-order chi connectivity index (χ0) is 26.0. The zero-order valence-electron chi connectivity index (χ0n) is 21.1. The molecule has 0 spiro atoms. The van der Waals surface area contributed by atoms with E-state index in [0.717, 1.165) is 20.6 Å². The number of hydrogen-bond acceptors (Lipinski definition) is 5. The molecule has 0 saturated carbocycles. The van der Waals surface area contributed by atoms with Gasteiger partial charge in [0.1, 0.15) is 18.3 Å². The van der Waals surface area contributed by atoms with Gasteiger partial charge in [-0.05, 0) is 42.7 Å². The molecule has 10 heteroatoms. The SMILES string of the molecule is CCCNC(=O)C(CC)N(Cc1cccc(OC)c1)C(=O)CN(c1ccccc1)S(=O)(=O)N(C)C. The van der Waals surface area contributed by atoms with Gasteiger partial charge in [-0.15, -0.1) is 0 Å². The maximum Gasteiger partial charge on any atom is 0.304 e. The van der Waals surface area contributed by atoms with Crippen molar-refractivity contribution in [2.45, 2.75) is 39.3 Å². The summed E-state index contributed by atoms with van der Waals surface area (Å²) >= 11 is 0. The van der Waals surface area contributed by atoms with Gasteiger partial charge >= 0.3 is 10.2 Å². The van der Waals surface area contributed by atoms with Crippen LogP contribution in [0.25, 0.3) is 0 Å². The predicted octanol–water partition coefficient (Wildman–Crippen LogP) is 2.64. The lowest BCUT2D eigenvalue weighted by atomic mass is 10.1. The molecule has 2 rings (SSSR count). The predicted molar refractivity (Wildman–Crippen MR) is 137 cm³/mol. The van der Waals surface area contributed by atoms with Gasteiger partial charge < -0.3 is 15.0 Å². The summed E-state index contributed by atoms with van der Waals surface area (Å²) < 4.78 is 33.7. The number of hydrogen-bond donors (Lipinski definition) is 1. The molecule has 2 aromatic carbocycles. The molecule has 0 aliphatic rings. The van der Waals surface area contributed by atoms with Crippen LogP contribution < -0.4 is 14.4 Å². The summed E-state index contributed by atoms with van der Waals surface area (Å²) in [5.74, 6) is -0.132. The molecule has 9 nitrogen and oxygen atoms in total. The Hall–Kier alpha value is -3.11. The van der Waals surface area contributed by atoms with E-state index < -0.39 is 28.7 Å². The Bertz CT molecular complexity index is 1080. The largest absolute Gasteiger partial charge is 0.497 e. The maximum atomic E-state index is 13.7. The van der Waals surface area contributed by atoms with Crippen molar-refractivity contribution in [1.29, 1.82) is 0 Å². The molecule has 0 heterocycles. The van der Waals surface area contributed by atoms with E-state index in [0.29, 0.717) is 24.4 Å². The van der Waals surface area contributed by atoms with Gasteiger partial charge in [-0.2, -0.15) is 12.7 Å². The lowest BCUT2D eigenvalue weighted by Crippen LogP contribution is -2.53. The van der Waals surface area contributed by atoms with Crippen LogP contribution in [0.5, 0.6) is 5.75 Å². The number of amides is 2. The average Bonchev–Trinajstić information content (AvgIpc) is 2.86. The van der Waals surface area contributed by atoms with E-state index in [1.807, 2.05) is 26.0 Å². The van der Waals surface area contributed by atoms with Crippen molar-refractivity contribution in [2.24, 2.45) is 0 Å². The zero-order valence-corrected chi connectivity index (χ0v) is 21.9. The highest BCUT2D eigenvalue weighted by Gasteiger charge is 2.33. The molecule has 192 valence electrons.